The van der Waals surface area contributed by atoms with Crippen LogP contribution >= 0.6 is 24.0 Å². The van der Waals surface area contributed by atoms with Crippen molar-refractivity contribution in [1.29, 1.82) is 0 Å². The van der Waals surface area contributed by atoms with Crippen LogP contribution in [0.25, 0.3) is 11.0 Å². The first-order valence-corrected chi connectivity index (χ1v) is 8.42. The summed E-state index contributed by atoms with van der Waals surface area (Å²) in [4.78, 5) is 23.2. The second kappa shape index (κ2) is 7.68. The molecule has 2 aromatic rings. The number of nitrogens with zero attached hydrogens (tertiary/aromatic N) is 4. The molecule has 8 heteroatoms. The highest BCUT2D eigenvalue weighted by Crippen LogP contribution is 2.26. The van der Waals surface area contributed by atoms with E-state index in [-0.39, 0.29) is 24.1 Å². The number of piperazine rings is 1. The van der Waals surface area contributed by atoms with Crippen molar-refractivity contribution < 1.29 is 0 Å². The van der Waals surface area contributed by atoms with Crippen LogP contribution in [0.1, 0.15) is 26.7 Å². The summed E-state index contributed by atoms with van der Waals surface area (Å²) in [7, 11) is 1.71. The maximum absolute atomic E-state index is 12.2. The van der Waals surface area contributed by atoms with Gasteiger partial charge in [-0.3, -0.25) is 4.57 Å². The molecule has 2 atom stereocenters. The fourth-order valence-corrected chi connectivity index (χ4v) is 3.30. The fraction of sp³-hybridized carbons (Fsp3) is 0.562. The normalized spacial score (nSPS) is 20.9. The number of nitrogens with one attached hydrogen (secondary N) is 1. The first kappa shape index (κ1) is 19.0. The summed E-state index contributed by atoms with van der Waals surface area (Å²) in [5.74, 6) is 0.640. The van der Waals surface area contributed by atoms with Gasteiger partial charge in [-0.1, -0.05) is 24.9 Å². The van der Waals surface area contributed by atoms with Crippen molar-refractivity contribution in [1.82, 2.24) is 19.9 Å². The second-order valence-electron chi connectivity index (χ2n) is 6.17. The van der Waals surface area contributed by atoms with E-state index in [2.05, 4.69) is 34.0 Å². The molecule has 1 saturated heterocycles. The zero-order chi connectivity index (χ0) is 16.6. The van der Waals surface area contributed by atoms with E-state index in [1.54, 1.807) is 13.1 Å². The first-order valence-electron chi connectivity index (χ1n) is 8.04. The van der Waals surface area contributed by atoms with Gasteiger partial charge in [-0.05, 0) is 25.5 Å². The van der Waals surface area contributed by atoms with Crippen LogP contribution in [0.3, 0.4) is 0 Å². The van der Waals surface area contributed by atoms with Gasteiger partial charge in [-0.15, -0.1) is 12.4 Å². The Balaban J connectivity index is 0.00000208. The van der Waals surface area contributed by atoms with Crippen molar-refractivity contribution in [3.8, 4) is 0 Å². The highest BCUT2D eigenvalue weighted by atomic mass is 35.5. The van der Waals surface area contributed by atoms with Crippen LogP contribution in [0.5, 0.6) is 0 Å². The first-order chi connectivity index (χ1) is 11.0. The predicted molar refractivity (Wildman–Crippen MR) is 101 cm³/mol. The molecule has 1 aliphatic rings. The quantitative estimate of drug-likeness (QED) is 0.839. The Labute approximate surface area is 152 Å². The molecule has 0 bridgehead atoms. The highest BCUT2D eigenvalue weighted by Gasteiger charge is 2.28. The molecule has 132 valence electrons. The third-order valence-corrected chi connectivity index (χ3v) is 4.67. The van der Waals surface area contributed by atoms with Crippen LogP contribution < -0.4 is 15.9 Å². The van der Waals surface area contributed by atoms with Crippen LogP contribution in [0.2, 0.25) is 5.15 Å². The molecule has 3 rings (SSSR count). The van der Waals surface area contributed by atoms with Gasteiger partial charge in [0.25, 0.3) is 0 Å². The summed E-state index contributed by atoms with van der Waals surface area (Å²) >= 11 is 6.08. The standard InChI is InChI=1S/C16H22ClN5O.ClH/c1-4-5-11-9-22(10(2)8-18-11)15-14-12(6-7-13(17)19-14)21(3)16(23)20-15;/h6-7,10-11,18H,4-5,8-9H2,1-3H3;1H/t10-,11+;/m0./s1. The number of aromatic nitrogens is 3. The van der Waals surface area contributed by atoms with Crippen LogP contribution in [0.4, 0.5) is 5.82 Å². The smallest absolute Gasteiger partial charge is 0.349 e. The molecular weight excluding hydrogens is 349 g/mol. The van der Waals surface area contributed by atoms with Gasteiger partial charge in [0.1, 0.15) is 10.7 Å². The van der Waals surface area contributed by atoms with Crippen molar-refractivity contribution in [3.05, 3.63) is 27.8 Å². The second-order valence-corrected chi connectivity index (χ2v) is 6.56. The number of rotatable bonds is 3. The molecule has 6 nitrogen and oxygen atoms in total. The Morgan fingerprint density at radius 1 is 1.38 bits per heavy atom. The SMILES string of the molecule is CCC[C@@H]1CN(c2nc(=O)n(C)c3ccc(Cl)nc23)[C@@H](C)CN1.Cl. The topological polar surface area (TPSA) is 63.1 Å². The van der Waals surface area contributed by atoms with E-state index in [1.165, 1.54) is 4.57 Å². The molecule has 0 aliphatic carbocycles. The molecule has 0 unspecified atom stereocenters. The minimum Gasteiger partial charge on any atom is -0.349 e. The Kier molecular flexibility index (Phi) is 6.06. The summed E-state index contributed by atoms with van der Waals surface area (Å²) in [6.07, 6.45) is 2.22. The lowest BCUT2D eigenvalue weighted by Gasteiger charge is -2.39. The minimum atomic E-state index is -0.269. The summed E-state index contributed by atoms with van der Waals surface area (Å²) in [5.41, 5.74) is 1.17. The molecule has 0 saturated carbocycles. The van der Waals surface area contributed by atoms with Crippen molar-refractivity contribution in [2.45, 2.75) is 38.8 Å². The monoisotopic (exact) mass is 371 g/mol. The van der Waals surface area contributed by atoms with Crippen molar-refractivity contribution in [2.24, 2.45) is 7.05 Å². The third-order valence-electron chi connectivity index (χ3n) is 4.46. The van der Waals surface area contributed by atoms with Crippen LogP contribution in [0.15, 0.2) is 16.9 Å². The molecule has 24 heavy (non-hydrogen) atoms. The largest absolute Gasteiger partial charge is 0.349 e. The average molecular weight is 372 g/mol. The maximum Gasteiger partial charge on any atom is 0.349 e. The Bertz CT molecular complexity index is 779. The highest BCUT2D eigenvalue weighted by molar-refractivity contribution is 6.29. The van der Waals surface area contributed by atoms with E-state index < -0.39 is 0 Å². The molecule has 0 radical (unpaired) electrons. The molecule has 0 amide bonds. The Hall–Kier alpha value is -1.37. The number of fused-ring (bicyclic) bond motifs is 1. The lowest BCUT2D eigenvalue weighted by Crippen LogP contribution is -2.56. The fourth-order valence-electron chi connectivity index (χ4n) is 3.15. The van der Waals surface area contributed by atoms with Gasteiger partial charge in [0.05, 0.1) is 5.52 Å². The molecular formula is C16H23Cl2N5O. The summed E-state index contributed by atoms with van der Waals surface area (Å²) in [6, 6.07) is 4.17. The van der Waals surface area contributed by atoms with E-state index in [9.17, 15) is 4.79 Å². The maximum atomic E-state index is 12.2. The van der Waals surface area contributed by atoms with Crippen LogP contribution in [0, 0.1) is 0 Å². The van der Waals surface area contributed by atoms with Gasteiger partial charge in [-0.25, -0.2) is 9.78 Å². The van der Waals surface area contributed by atoms with Crippen molar-refractivity contribution >= 4 is 40.9 Å². The van der Waals surface area contributed by atoms with E-state index in [0.29, 0.717) is 22.5 Å². The van der Waals surface area contributed by atoms with Gasteiger partial charge in [0.15, 0.2) is 5.82 Å². The summed E-state index contributed by atoms with van der Waals surface area (Å²) in [6.45, 7) is 5.99. The van der Waals surface area contributed by atoms with Crippen molar-refractivity contribution in [3.63, 3.8) is 0 Å². The van der Waals surface area contributed by atoms with Gasteiger partial charge >= 0.3 is 5.69 Å². The summed E-state index contributed by atoms with van der Waals surface area (Å²) in [5, 5.41) is 3.97. The molecule has 2 aromatic heterocycles. The zero-order valence-electron chi connectivity index (χ0n) is 14.1. The lowest BCUT2D eigenvalue weighted by molar-refractivity contribution is 0.384. The van der Waals surface area contributed by atoms with Crippen LogP contribution in [-0.4, -0.2) is 39.7 Å². The van der Waals surface area contributed by atoms with Crippen molar-refractivity contribution in [2.75, 3.05) is 18.0 Å². The van der Waals surface area contributed by atoms with Gasteiger partial charge in [0, 0.05) is 32.2 Å². The third kappa shape index (κ3) is 3.50. The Morgan fingerprint density at radius 2 is 2.12 bits per heavy atom. The number of halogens is 2. The lowest BCUT2D eigenvalue weighted by atomic mass is 10.1. The van der Waals surface area contributed by atoms with E-state index in [4.69, 9.17) is 11.6 Å². The molecule has 1 fully saturated rings. The number of pyridine rings is 1. The molecule has 1 N–H and O–H groups in total. The van der Waals surface area contributed by atoms with E-state index in [0.717, 1.165) is 31.4 Å². The van der Waals surface area contributed by atoms with Gasteiger partial charge < -0.3 is 10.2 Å². The van der Waals surface area contributed by atoms with E-state index >= 15 is 0 Å². The predicted octanol–water partition coefficient (Wildman–Crippen LogP) is 2.37. The molecule has 0 spiro atoms. The van der Waals surface area contributed by atoms with Gasteiger partial charge in [-0.2, -0.15) is 4.98 Å². The number of aryl methyl sites for hydroxylation is 1. The minimum absolute atomic E-state index is 0. The van der Waals surface area contributed by atoms with Crippen LogP contribution in [-0.2, 0) is 7.05 Å². The average Bonchev–Trinajstić information content (AvgIpc) is 2.53. The molecule has 3 heterocycles. The molecule has 0 aromatic carbocycles. The Morgan fingerprint density at radius 3 is 2.83 bits per heavy atom. The molecule has 1 aliphatic heterocycles. The zero-order valence-corrected chi connectivity index (χ0v) is 15.7. The van der Waals surface area contributed by atoms with E-state index in [1.807, 2.05) is 6.07 Å². The number of hydrogen-bond acceptors (Lipinski definition) is 5. The van der Waals surface area contributed by atoms with Gasteiger partial charge in [0.2, 0.25) is 0 Å². The number of anilines is 1. The number of hydrogen-bond donors (Lipinski definition) is 1. The summed E-state index contributed by atoms with van der Waals surface area (Å²) < 4.78 is 1.51.